The average molecular weight is 316 g/mol. The number of carbonyl (C=O) groups excluding carboxylic acids is 3. The molecule has 1 aromatic carbocycles. The number of ether oxygens (including phenoxy) is 1. The largest absolute Gasteiger partial charge is 0.465 e. The molecule has 0 aliphatic heterocycles. The van der Waals surface area contributed by atoms with Gasteiger partial charge in [0.2, 0.25) is 5.91 Å². The predicted octanol–water partition coefficient (Wildman–Crippen LogP) is 1.87. The van der Waals surface area contributed by atoms with E-state index in [0.29, 0.717) is 12.0 Å². The van der Waals surface area contributed by atoms with E-state index < -0.39 is 17.8 Å². The van der Waals surface area contributed by atoms with Gasteiger partial charge in [-0.1, -0.05) is 6.92 Å². The summed E-state index contributed by atoms with van der Waals surface area (Å²) in [6.07, 6.45) is 2.01. The number of carbonyl (C=O) groups is 3. The predicted molar refractivity (Wildman–Crippen MR) is 85.6 cm³/mol. The topological polar surface area (TPSA) is 98.5 Å². The maximum absolute atomic E-state index is 12.2. The van der Waals surface area contributed by atoms with Gasteiger partial charge in [0.25, 0.3) is 0 Å². The van der Waals surface area contributed by atoms with Gasteiger partial charge in [-0.3, -0.25) is 14.4 Å². The molecule has 2 rings (SSSR count). The molecule has 0 aromatic heterocycles. The number of ketones is 1. The SMILES string of the molecule is CCOC(=O)[C@@H]1C(=O)C=C(Nc2ccc(C(N)=O)cc2)C[C@H]1C. The maximum Gasteiger partial charge on any atom is 0.317 e. The van der Waals surface area contributed by atoms with Crippen molar-refractivity contribution in [3.63, 3.8) is 0 Å². The zero-order valence-corrected chi connectivity index (χ0v) is 13.2. The van der Waals surface area contributed by atoms with Gasteiger partial charge in [0.05, 0.1) is 6.61 Å². The molecule has 23 heavy (non-hydrogen) atoms. The number of hydrogen-bond acceptors (Lipinski definition) is 5. The first-order chi connectivity index (χ1) is 10.9. The van der Waals surface area contributed by atoms with Gasteiger partial charge < -0.3 is 15.8 Å². The summed E-state index contributed by atoms with van der Waals surface area (Å²) in [6, 6.07) is 6.66. The Morgan fingerprint density at radius 3 is 2.48 bits per heavy atom. The van der Waals surface area contributed by atoms with Crippen LogP contribution in [-0.4, -0.2) is 24.3 Å². The Kier molecular flexibility index (Phi) is 5.16. The smallest absolute Gasteiger partial charge is 0.317 e. The minimum absolute atomic E-state index is 0.140. The average Bonchev–Trinajstić information content (AvgIpc) is 2.47. The van der Waals surface area contributed by atoms with Crippen LogP contribution in [-0.2, 0) is 14.3 Å². The first kappa shape index (κ1) is 16.7. The van der Waals surface area contributed by atoms with Crippen LogP contribution in [0.2, 0.25) is 0 Å². The van der Waals surface area contributed by atoms with Crippen molar-refractivity contribution in [2.24, 2.45) is 17.6 Å². The number of nitrogens with two attached hydrogens (primary N) is 1. The number of hydrogen-bond donors (Lipinski definition) is 2. The third kappa shape index (κ3) is 3.97. The molecule has 1 aliphatic carbocycles. The molecule has 3 N–H and O–H groups in total. The number of allylic oxidation sites excluding steroid dienone is 2. The lowest BCUT2D eigenvalue weighted by Gasteiger charge is -2.26. The number of nitrogens with one attached hydrogen (secondary N) is 1. The molecule has 0 spiro atoms. The van der Waals surface area contributed by atoms with Gasteiger partial charge in [-0.15, -0.1) is 0 Å². The van der Waals surface area contributed by atoms with Crippen molar-refractivity contribution in [1.82, 2.24) is 0 Å². The lowest BCUT2D eigenvalue weighted by molar-refractivity contribution is -0.152. The van der Waals surface area contributed by atoms with Gasteiger partial charge in [-0.25, -0.2) is 0 Å². The fourth-order valence-electron chi connectivity index (χ4n) is 2.64. The highest BCUT2D eigenvalue weighted by Gasteiger charge is 2.36. The molecule has 0 fully saturated rings. The Hall–Kier alpha value is -2.63. The molecule has 0 bridgehead atoms. The summed E-state index contributed by atoms with van der Waals surface area (Å²) in [6.45, 7) is 3.83. The molecular weight excluding hydrogens is 296 g/mol. The fourth-order valence-corrected chi connectivity index (χ4v) is 2.64. The fraction of sp³-hybridized carbons (Fsp3) is 0.353. The molecule has 1 aromatic rings. The molecule has 1 aliphatic rings. The van der Waals surface area contributed by atoms with E-state index in [4.69, 9.17) is 10.5 Å². The van der Waals surface area contributed by atoms with Crippen molar-refractivity contribution in [2.45, 2.75) is 20.3 Å². The van der Waals surface area contributed by atoms with Gasteiger partial charge >= 0.3 is 5.97 Å². The monoisotopic (exact) mass is 316 g/mol. The quantitative estimate of drug-likeness (QED) is 0.638. The molecular formula is C17H20N2O4. The Morgan fingerprint density at radius 1 is 1.30 bits per heavy atom. The number of primary amides is 1. The van der Waals surface area contributed by atoms with Crippen LogP contribution in [0.25, 0.3) is 0 Å². The van der Waals surface area contributed by atoms with E-state index in [0.717, 1.165) is 11.4 Å². The number of benzene rings is 1. The summed E-state index contributed by atoms with van der Waals surface area (Å²) in [5.74, 6) is -2.09. The normalized spacial score (nSPS) is 20.6. The molecule has 0 saturated heterocycles. The van der Waals surface area contributed by atoms with Gasteiger partial charge in [-0.2, -0.15) is 0 Å². The number of amides is 1. The summed E-state index contributed by atoms with van der Waals surface area (Å²) >= 11 is 0. The van der Waals surface area contributed by atoms with Crippen LogP contribution in [0, 0.1) is 11.8 Å². The van der Waals surface area contributed by atoms with Crippen LogP contribution < -0.4 is 11.1 Å². The van der Waals surface area contributed by atoms with Gasteiger partial charge in [-0.05, 0) is 43.5 Å². The minimum atomic E-state index is -0.738. The highest BCUT2D eigenvalue weighted by atomic mass is 16.5. The van der Waals surface area contributed by atoms with Crippen molar-refractivity contribution in [3.05, 3.63) is 41.6 Å². The Bertz CT molecular complexity index is 649. The zero-order chi connectivity index (χ0) is 17.0. The van der Waals surface area contributed by atoms with E-state index in [1.807, 2.05) is 6.92 Å². The van der Waals surface area contributed by atoms with Crippen molar-refractivity contribution in [2.75, 3.05) is 11.9 Å². The highest BCUT2D eigenvalue weighted by Crippen LogP contribution is 2.29. The minimum Gasteiger partial charge on any atom is -0.465 e. The van der Waals surface area contributed by atoms with Gasteiger partial charge in [0.15, 0.2) is 5.78 Å². The van der Waals surface area contributed by atoms with Crippen molar-refractivity contribution < 1.29 is 19.1 Å². The van der Waals surface area contributed by atoms with E-state index in [2.05, 4.69) is 5.32 Å². The lowest BCUT2D eigenvalue weighted by Crippen LogP contribution is -2.35. The van der Waals surface area contributed by atoms with E-state index >= 15 is 0 Å². The molecule has 0 heterocycles. The third-order valence-corrected chi connectivity index (χ3v) is 3.75. The molecule has 1 amide bonds. The summed E-state index contributed by atoms with van der Waals surface area (Å²) in [5.41, 5.74) is 7.09. The summed E-state index contributed by atoms with van der Waals surface area (Å²) < 4.78 is 4.96. The molecule has 0 saturated carbocycles. The van der Waals surface area contributed by atoms with Crippen LogP contribution in [0.3, 0.4) is 0 Å². The van der Waals surface area contributed by atoms with Crippen molar-refractivity contribution >= 4 is 23.3 Å². The molecule has 122 valence electrons. The summed E-state index contributed by atoms with van der Waals surface area (Å²) in [5, 5.41) is 3.14. The molecule has 2 atom stereocenters. The Morgan fingerprint density at radius 2 is 1.96 bits per heavy atom. The summed E-state index contributed by atoms with van der Waals surface area (Å²) in [7, 11) is 0. The van der Waals surface area contributed by atoms with Crippen LogP contribution in [0.15, 0.2) is 36.0 Å². The Labute approximate surface area is 134 Å². The van der Waals surface area contributed by atoms with E-state index in [9.17, 15) is 14.4 Å². The van der Waals surface area contributed by atoms with E-state index in [-0.39, 0.29) is 18.3 Å². The zero-order valence-electron chi connectivity index (χ0n) is 13.2. The van der Waals surface area contributed by atoms with Crippen LogP contribution in [0.4, 0.5) is 5.69 Å². The highest BCUT2D eigenvalue weighted by molar-refractivity contribution is 6.06. The number of esters is 1. The van der Waals surface area contributed by atoms with Crippen molar-refractivity contribution in [3.8, 4) is 0 Å². The molecule has 0 unspecified atom stereocenters. The first-order valence-electron chi connectivity index (χ1n) is 7.50. The van der Waals surface area contributed by atoms with Crippen molar-refractivity contribution in [1.29, 1.82) is 0 Å². The second kappa shape index (κ2) is 7.09. The molecule has 0 radical (unpaired) electrons. The second-order valence-electron chi connectivity index (χ2n) is 5.55. The summed E-state index contributed by atoms with van der Waals surface area (Å²) in [4.78, 5) is 35.1. The number of rotatable bonds is 5. The maximum atomic E-state index is 12.2. The lowest BCUT2D eigenvalue weighted by atomic mass is 9.82. The van der Waals surface area contributed by atoms with E-state index in [1.165, 1.54) is 6.08 Å². The third-order valence-electron chi connectivity index (χ3n) is 3.75. The Balaban J connectivity index is 2.10. The van der Waals surface area contributed by atoms with E-state index in [1.54, 1.807) is 31.2 Å². The van der Waals surface area contributed by atoms with Crippen LogP contribution in [0.1, 0.15) is 30.6 Å². The molecule has 6 heteroatoms. The second-order valence-corrected chi connectivity index (χ2v) is 5.55. The van der Waals surface area contributed by atoms with Gasteiger partial charge in [0.1, 0.15) is 5.92 Å². The van der Waals surface area contributed by atoms with Crippen LogP contribution >= 0.6 is 0 Å². The standard InChI is InChI=1S/C17H20N2O4/c1-3-23-17(22)15-10(2)8-13(9-14(15)20)19-12-6-4-11(5-7-12)16(18)21/h4-7,9-10,15,19H,3,8H2,1-2H3,(H2,18,21)/t10-,15+/m1/s1. The first-order valence-corrected chi connectivity index (χ1v) is 7.50. The molecule has 6 nitrogen and oxygen atoms in total. The van der Waals surface area contributed by atoms with Crippen LogP contribution in [0.5, 0.6) is 0 Å². The van der Waals surface area contributed by atoms with Gasteiger partial charge in [0, 0.05) is 23.0 Å². The number of anilines is 1.